The molecule has 0 radical (unpaired) electrons. The molecule has 0 nitrogen and oxygen atoms in total. The minimum atomic E-state index is -0.173. The predicted molar refractivity (Wildman–Crippen MR) is 85.0 cm³/mol. The lowest BCUT2D eigenvalue weighted by molar-refractivity contribution is 0.625. The number of aryl methyl sites for hydroxylation is 3. The van der Waals surface area contributed by atoms with E-state index in [1.165, 1.54) is 48.4 Å². The van der Waals surface area contributed by atoms with Crippen LogP contribution in [0.2, 0.25) is 0 Å². The number of hydrogen-bond acceptors (Lipinski definition) is 0. The third kappa shape index (κ3) is 2.67. The van der Waals surface area contributed by atoms with Gasteiger partial charge >= 0.3 is 0 Å². The van der Waals surface area contributed by atoms with Gasteiger partial charge in [0.25, 0.3) is 0 Å². The Morgan fingerprint density at radius 3 is 2.55 bits per heavy atom. The van der Waals surface area contributed by atoms with E-state index in [2.05, 4.69) is 34.1 Å². The standard InChI is InChI=1S/C18H18BrF/c1-12-6-9-16(20)11-17(12)18(19)15-8-7-13-4-2-3-5-14(13)10-15/h6-11,18H,2-5H2,1H3. The van der Waals surface area contributed by atoms with E-state index in [9.17, 15) is 4.39 Å². The predicted octanol–water partition coefficient (Wildman–Crippen LogP) is 5.50. The second-order valence-corrected chi connectivity index (χ2v) is 6.51. The molecule has 0 spiro atoms. The minimum absolute atomic E-state index is 0.0606. The summed E-state index contributed by atoms with van der Waals surface area (Å²) in [5.41, 5.74) is 6.30. The summed E-state index contributed by atoms with van der Waals surface area (Å²) in [4.78, 5) is 0.0606. The molecule has 0 aromatic heterocycles. The van der Waals surface area contributed by atoms with Gasteiger partial charge in [0.15, 0.2) is 0 Å². The van der Waals surface area contributed by atoms with Crippen molar-refractivity contribution in [2.45, 2.75) is 37.4 Å². The van der Waals surface area contributed by atoms with E-state index in [1.54, 1.807) is 6.07 Å². The summed E-state index contributed by atoms with van der Waals surface area (Å²) >= 11 is 3.74. The van der Waals surface area contributed by atoms with E-state index < -0.39 is 0 Å². The Morgan fingerprint density at radius 2 is 1.75 bits per heavy atom. The highest BCUT2D eigenvalue weighted by Gasteiger charge is 2.16. The van der Waals surface area contributed by atoms with Crippen LogP contribution in [-0.2, 0) is 12.8 Å². The van der Waals surface area contributed by atoms with Gasteiger partial charge in [-0.3, -0.25) is 0 Å². The first kappa shape index (κ1) is 13.8. The second kappa shape index (κ2) is 5.69. The fraction of sp³-hybridized carbons (Fsp3) is 0.333. The fourth-order valence-corrected chi connectivity index (χ4v) is 3.75. The van der Waals surface area contributed by atoms with Crippen molar-refractivity contribution in [3.63, 3.8) is 0 Å². The first-order valence-corrected chi connectivity index (χ1v) is 8.08. The Labute approximate surface area is 128 Å². The summed E-state index contributed by atoms with van der Waals surface area (Å²) in [6.07, 6.45) is 4.95. The van der Waals surface area contributed by atoms with Crippen molar-refractivity contribution in [3.05, 3.63) is 70.0 Å². The molecule has 104 valence electrons. The smallest absolute Gasteiger partial charge is 0.123 e. The molecule has 1 aliphatic rings. The summed E-state index contributed by atoms with van der Waals surface area (Å²) in [6.45, 7) is 2.03. The Balaban J connectivity index is 1.97. The number of fused-ring (bicyclic) bond motifs is 1. The van der Waals surface area contributed by atoms with Gasteiger partial charge in [-0.25, -0.2) is 4.39 Å². The molecule has 0 bridgehead atoms. The van der Waals surface area contributed by atoms with E-state index in [1.807, 2.05) is 13.0 Å². The molecule has 2 heteroatoms. The van der Waals surface area contributed by atoms with Crippen molar-refractivity contribution < 1.29 is 4.39 Å². The maximum Gasteiger partial charge on any atom is 0.123 e. The molecule has 0 fully saturated rings. The van der Waals surface area contributed by atoms with Gasteiger partial charge in [-0.15, -0.1) is 0 Å². The average molecular weight is 333 g/mol. The van der Waals surface area contributed by atoms with Crippen LogP contribution in [0, 0.1) is 12.7 Å². The molecular formula is C18H18BrF. The normalized spacial score (nSPS) is 15.8. The van der Waals surface area contributed by atoms with Crippen LogP contribution in [0.25, 0.3) is 0 Å². The van der Waals surface area contributed by atoms with Crippen molar-refractivity contribution >= 4 is 15.9 Å². The highest BCUT2D eigenvalue weighted by atomic mass is 79.9. The monoisotopic (exact) mass is 332 g/mol. The molecule has 0 aliphatic heterocycles. The topological polar surface area (TPSA) is 0 Å². The van der Waals surface area contributed by atoms with Gasteiger partial charge in [-0.1, -0.05) is 40.2 Å². The molecule has 20 heavy (non-hydrogen) atoms. The molecule has 0 saturated heterocycles. The van der Waals surface area contributed by atoms with Crippen LogP contribution in [0.5, 0.6) is 0 Å². The molecule has 1 unspecified atom stereocenters. The number of hydrogen-bond donors (Lipinski definition) is 0. The molecule has 0 amide bonds. The molecule has 2 aromatic rings. The quantitative estimate of drug-likeness (QED) is 0.637. The summed E-state index contributed by atoms with van der Waals surface area (Å²) in [5.74, 6) is -0.173. The first-order valence-electron chi connectivity index (χ1n) is 7.17. The van der Waals surface area contributed by atoms with Crippen molar-refractivity contribution in [2.24, 2.45) is 0 Å². The summed E-state index contributed by atoms with van der Waals surface area (Å²) in [7, 11) is 0. The summed E-state index contributed by atoms with van der Waals surface area (Å²) in [6, 6.07) is 11.7. The van der Waals surface area contributed by atoms with Crippen LogP contribution >= 0.6 is 15.9 Å². The van der Waals surface area contributed by atoms with Crippen molar-refractivity contribution in [3.8, 4) is 0 Å². The molecule has 1 atom stereocenters. The molecule has 0 N–H and O–H groups in total. The van der Waals surface area contributed by atoms with Crippen LogP contribution in [0.15, 0.2) is 36.4 Å². The van der Waals surface area contributed by atoms with Gasteiger partial charge in [0.1, 0.15) is 5.82 Å². The molecular weight excluding hydrogens is 315 g/mol. The van der Waals surface area contributed by atoms with Crippen LogP contribution in [-0.4, -0.2) is 0 Å². The Hall–Kier alpha value is -1.15. The molecule has 0 heterocycles. The number of alkyl halides is 1. The van der Waals surface area contributed by atoms with E-state index in [4.69, 9.17) is 0 Å². The van der Waals surface area contributed by atoms with Crippen LogP contribution in [0.1, 0.15) is 45.5 Å². The van der Waals surface area contributed by atoms with Crippen LogP contribution < -0.4 is 0 Å². The molecule has 1 aliphatic carbocycles. The summed E-state index contributed by atoms with van der Waals surface area (Å²) in [5, 5.41) is 0. The molecule has 2 aromatic carbocycles. The lowest BCUT2D eigenvalue weighted by atomic mass is 9.89. The lowest BCUT2D eigenvalue weighted by Gasteiger charge is -2.19. The zero-order valence-electron chi connectivity index (χ0n) is 11.6. The Bertz CT molecular complexity index is 633. The van der Waals surface area contributed by atoms with Crippen molar-refractivity contribution in [1.82, 2.24) is 0 Å². The summed E-state index contributed by atoms with van der Waals surface area (Å²) < 4.78 is 13.5. The maximum atomic E-state index is 13.5. The van der Waals surface area contributed by atoms with E-state index >= 15 is 0 Å². The largest absolute Gasteiger partial charge is 0.207 e. The van der Waals surface area contributed by atoms with Crippen LogP contribution in [0.3, 0.4) is 0 Å². The van der Waals surface area contributed by atoms with E-state index in [0.29, 0.717) is 0 Å². The number of halogens is 2. The highest BCUT2D eigenvalue weighted by molar-refractivity contribution is 9.09. The SMILES string of the molecule is Cc1ccc(F)cc1C(Br)c1ccc2c(c1)CCCC2. The van der Waals surface area contributed by atoms with Gasteiger partial charge in [0.05, 0.1) is 4.83 Å². The van der Waals surface area contributed by atoms with Crippen LogP contribution in [0.4, 0.5) is 4.39 Å². The van der Waals surface area contributed by atoms with E-state index in [0.717, 1.165) is 11.1 Å². The zero-order chi connectivity index (χ0) is 14.1. The van der Waals surface area contributed by atoms with Gasteiger partial charge < -0.3 is 0 Å². The average Bonchev–Trinajstić information content (AvgIpc) is 2.48. The lowest BCUT2D eigenvalue weighted by Crippen LogP contribution is -2.04. The van der Waals surface area contributed by atoms with Gasteiger partial charge in [0, 0.05) is 0 Å². The second-order valence-electron chi connectivity index (χ2n) is 5.60. The third-order valence-electron chi connectivity index (χ3n) is 4.18. The van der Waals surface area contributed by atoms with Gasteiger partial charge in [-0.05, 0) is 72.6 Å². The van der Waals surface area contributed by atoms with E-state index in [-0.39, 0.29) is 10.6 Å². The molecule has 3 rings (SSSR count). The van der Waals surface area contributed by atoms with Crippen molar-refractivity contribution in [1.29, 1.82) is 0 Å². The van der Waals surface area contributed by atoms with Gasteiger partial charge in [-0.2, -0.15) is 0 Å². The first-order chi connectivity index (χ1) is 9.65. The maximum absolute atomic E-state index is 13.5. The third-order valence-corrected chi connectivity index (χ3v) is 5.20. The zero-order valence-corrected chi connectivity index (χ0v) is 13.2. The Kier molecular flexibility index (Phi) is 3.93. The fourth-order valence-electron chi connectivity index (χ4n) is 2.97. The number of rotatable bonds is 2. The number of benzene rings is 2. The minimum Gasteiger partial charge on any atom is -0.207 e. The van der Waals surface area contributed by atoms with Crippen molar-refractivity contribution in [2.75, 3.05) is 0 Å². The van der Waals surface area contributed by atoms with Gasteiger partial charge in [0.2, 0.25) is 0 Å². The Morgan fingerprint density at radius 1 is 1.00 bits per heavy atom. The highest BCUT2D eigenvalue weighted by Crippen LogP contribution is 2.35. The molecule has 0 saturated carbocycles.